The SMILES string of the molecule is COC(=O)Cn1c(=NC(=O)c2cc3c(ccc4ccccc43)oc2=O)sc2cccc(Cl)c21. The second kappa shape index (κ2) is 8.31. The van der Waals surface area contributed by atoms with Crippen molar-refractivity contribution in [1.82, 2.24) is 4.57 Å². The molecule has 9 heteroatoms. The molecule has 0 saturated carbocycles. The fourth-order valence-corrected chi connectivity index (χ4v) is 5.07. The van der Waals surface area contributed by atoms with Crippen LogP contribution in [0.2, 0.25) is 5.02 Å². The number of para-hydroxylation sites is 1. The average Bonchev–Trinajstić information content (AvgIpc) is 3.16. The third-order valence-electron chi connectivity index (χ3n) is 5.24. The topological polar surface area (TPSA) is 90.9 Å². The quantitative estimate of drug-likeness (QED) is 0.216. The number of ether oxygens (including phenoxy) is 1. The van der Waals surface area contributed by atoms with E-state index in [4.69, 9.17) is 20.8 Å². The van der Waals surface area contributed by atoms with E-state index >= 15 is 0 Å². The molecule has 0 aliphatic rings. The summed E-state index contributed by atoms with van der Waals surface area (Å²) < 4.78 is 12.4. The molecule has 0 radical (unpaired) electrons. The molecule has 0 fully saturated rings. The molecule has 7 nitrogen and oxygen atoms in total. The Hall–Kier alpha value is -3.75. The fraction of sp³-hybridized carbons (Fsp3) is 0.0833. The first-order valence-corrected chi connectivity index (χ1v) is 11.0. The van der Waals surface area contributed by atoms with Gasteiger partial charge in [0.15, 0.2) is 4.80 Å². The summed E-state index contributed by atoms with van der Waals surface area (Å²) >= 11 is 7.52. The van der Waals surface area contributed by atoms with Gasteiger partial charge in [0.2, 0.25) is 0 Å². The molecule has 33 heavy (non-hydrogen) atoms. The Labute approximate surface area is 195 Å². The summed E-state index contributed by atoms with van der Waals surface area (Å²) in [4.78, 5) is 42.1. The normalized spacial score (nSPS) is 12.0. The van der Waals surface area contributed by atoms with E-state index in [0.717, 1.165) is 15.5 Å². The number of benzene rings is 3. The van der Waals surface area contributed by atoms with E-state index < -0.39 is 17.5 Å². The van der Waals surface area contributed by atoms with Crippen LogP contribution in [0.25, 0.3) is 32.0 Å². The lowest BCUT2D eigenvalue weighted by Crippen LogP contribution is -2.23. The molecular weight excluding hydrogens is 464 g/mol. The average molecular weight is 479 g/mol. The van der Waals surface area contributed by atoms with Gasteiger partial charge in [-0.05, 0) is 35.0 Å². The first kappa shape index (κ1) is 21.1. The molecule has 0 saturated heterocycles. The second-order valence-electron chi connectivity index (χ2n) is 7.20. The first-order valence-electron chi connectivity index (χ1n) is 9.85. The Morgan fingerprint density at radius 3 is 2.73 bits per heavy atom. The molecule has 2 aromatic heterocycles. The van der Waals surface area contributed by atoms with E-state index in [-0.39, 0.29) is 16.9 Å². The van der Waals surface area contributed by atoms with Gasteiger partial charge < -0.3 is 13.7 Å². The van der Waals surface area contributed by atoms with Crippen molar-refractivity contribution in [3.05, 3.63) is 86.5 Å². The molecule has 0 atom stereocenters. The number of fused-ring (bicyclic) bond motifs is 4. The molecule has 3 aromatic carbocycles. The van der Waals surface area contributed by atoms with Crippen LogP contribution in [0.1, 0.15) is 10.4 Å². The van der Waals surface area contributed by atoms with E-state index in [1.807, 2.05) is 30.3 Å². The minimum absolute atomic E-state index is 0.191. The van der Waals surface area contributed by atoms with Crippen LogP contribution in [-0.4, -0.2) is 23.6 Å². The van der Waals surface area contributed by atoms with Gasteiger partial charge in [0, 0.05) is 5.39 Å². The minimum Gasteiger partial charge on any atom is -0.468 e. The highest BCUT2D eigenvalue weighted by molar-refractivity contribution is 7.16. The highest BCUT2D eigenvalue weighted by atomic mass is 35.5. The van der Waals surface area contributed by atoms with Crippen molar-refractivity contribution >= 4 is 66.8 Å². The maximum Gasteiger partial charge on any atom is 0.349 e. The van der Waals surface area contributed by atoms with E-state index in [0.29, 0.717) is 21.5 Å². The summed E-state index contributed by atoms with van der Waals surface area (Å²) in [6, 6.07) is 17.9. The number of aromatic nitrogens is 1. The zero-order valence-corrected chi connectivity index (χ0v) is 18.8. The number of amides is 1. The molecule has 2 heterocycles. The molecule has 0 aliphatic heterocycles. The third-order valence-corrected chi connectivity index (χ3v) is 6.58. The van der Waals surface area contributed by atoms with Crippen LogP contribution in [0.15, 0.2) is 74.9 Å². The number of hydrogen-bond donors (Lipinski definition) is 0. The van der Waals surface area contributed by atoms with Crippen molar-refractivity contribution in [2.45, 2.75) is 6.54 Å². The zero-order chi connectivity index (χ0) is 23.1. The Morgan fingerprint density at radius 1 is 1.09 bits per heavy atom. The van der Waals surface area contributed by atoms with Crippen LogP contribution >= 0.6 is 22.9 Å². The van der Waals surface area contributed by atoms with E-state index in [9.17, 15) is 14.4 Å². The molecule has 1 amide bonds. The van der Waals surface area contributed by atoms with Crippen LogP contribution in [-0.2, 0) is 16.1 Å². The number of thiazole rings is 1. The van der Waals surface area contributed by atoms with Crippen molar-refractivity contribution in [3.63, 3.8) is 0 Å². The van der Waals surface area contributed by atoms with Crippen molar-refractivity contribution in [3.8, 4) is 0 Å². The van der Waals surface area contributed by atoms with Gasteiger partial charge in [0.05, 0.1) is 22.3 Å². The predicted octanol–water partition coefficient (Wildman–Crippen LogP) is 4.53. The van der Waals surface area contributed by atoms with Crippen LogP contribution in [0.3, 0.4) is 0 Å². The van der Waals surface area contributed by atoms with Crippen LogP contribution in [0, 0.1) is 0 Å². The highest BCUT2D eigenvalue weighted by Gasteiger charge is 2.18. The van der Waals surface area contributed by atoms with Crippen LogP contribution in [0.5, 0.6) is 0 Å². The number of carbonyl (C=O) groups excluding carboxylic acids is 2. The summed E-state index contributed by atoms with van der Waals surface area (Å²) in [5.41, 5.74) is -0.0560. The summed E-state index contributed by atoms with van der Waals surface area (Å²) in [7, 11) is 1.27. The molecule has 0 bridgehead atoms. The van der Waals surface area contributed by atoms with Gasteiger partial charge in [-0.1, -0.05) is 59.3 Å². The van der Waals surface area contributed by atoms with Crippen LogP contribution < -0.4 is 10.4 Å². The zero-order valence-electron chi connectivity index (χ0n) is 17.2. The van der Waals surface area contributed by atoms with E-state index in [2.05, 4.69) is 4.99 Å². The second-order valence-corrected chi connectivity index (χ2v) is 8.61. The molecule has 0 spiro atoms. The number of esters is 1. The van der Waals surface area contributed by atoms with Gasteiger partial charge in [0.1, 0.15) is 17.7 Å². The molecule has 5 rings (SSSR count). The number of nitrogens with zero attached hydrogens (tertiary/aromatic N) is 2. The molecule has 5 aromatic rings. The van der Waals surface area contributed by atoms with Crippen molar-refractivity contribution < 1.29 is 18.7 Å². The molecule has 0 N–H and O–H groups in total. The molecule has 0 unspecified atom stereocenters. The number of halogens is 1. The van der Waals surface area contributed by atoms with E-state index in [1.165, 1.54) is 29.1 Å². The molecule has 0 aliphatic carbocycles. The maximum atomic E-state index is 13.1. The van der Waals surface area contributed by atoms with Gasteiger partial charge in [-0.15, -0.1) is 0 Å². The smallest absolute Gasteiger partial charge is 0.349 e. The maximum absolute atomic E-state index is 13.1. The summed E-state index contributed by atoms with van der Waals surface area (Å²) in [5.74, 6) is -1.31. The van der Waals surface area contributed by atoms with E-state index in [1.54, 1.807) is 24.3 Å². The first-order chi connectivity index (χ1) is 16.0. The Kier molecular flexibility index (Phi) is 5.32. The Bertz CT molecular complexity index is 1710. The molecule has 164 valence electrons. The number of methoxy groups -OCH3 is 1. The Balaban J connectivity index is 1.71. The lowest BCUT2D eigenvalue weighted by Gasteiger charge is -2.05. The third kappa shape index (κ3) is 3.73. The van der Waals surface area contributed by atoms with Gasteiger partial charge in [-0.3, -0.25) is 9.59 Å². The van der Waals surface area contributed by atoms with Crippen molar-refractivity contribution in [2.75, 3.05) is 7.11 Å². The van der Waals surface area contributed by atoms with Gasteiger partial charge >= 0.3 is 11.6 Å². The summed E-state index contributed by atoms with van der Waals surface area (Å²) in [6.45, 7) is -0.191. The minimum atomic E-state index is -0.787. The number of hydrogen-bond acceptors (Lipinski definition) is 6. The largest absolute Gasteiger partial charge is 0.468 e. The van der Waals surface area contributed by atoms with Crippen LogP contribution in [0.4, 0.5) is 0 Å². The number of rotatable bonds is 3. The van der Waals surface area contributed by atoms with Crippen molar-refractivity contribution in [1.29, 1.82) is 0 Å². The van der Waals surface area contributed by atoms with Gasteiger partial charge in [-0.2, -0.15) is 4.99 Å². The summed E-state index contributed by atoms with van der Waals surface area (Å²) in [5, 5.41) is 2.83. The lowest BCUT2D eigenvalue weighted by molar-refractivity contribution is -0.141. The highest BCUT2D eigenvalue weighted by Crippen LogP contribution is 2.26. The number of carbonyl (C=O) groups is 2. The Morgan fingerprint density at radius 2 is 1.91 bits per heavy atom. The van der Waals surface area contributed by atoms with Gasteiger partial charge in [0.25, 0.3) is 5.91 Å². The van der Waals surface area contributed by atoms with Crippen molar-refractivity contribution in [2.24, 2.45) is 4.99 Å². The summed E-state index contributed by atoms with van der Waals surface area (Å²) in [6.07, 6.45) is 0. The lowest BCUT2D eigenvalue weighted by atomic mass is 10.0. The predicted molar refractivity (Wildman–Crippen MR) is 127 cm³/mol. The monoisotopic (exact) mass is 478 g/mol. The standard InChI is InChI=1S/C24H15ClN2O5S/c1-31-20(28)12-27-21-17(25)7-4-8-19(21)33-24(27)26-22(29)16-11-15-14-6-3-2-5-13(14)9-10-18(15)32-23(16)30/h2-11H,12H2,1H3. The fourth-order valence-electron chi connectivity index (χ4n) is 3.68. The molecular formula is C24H15ClN2O5S. The van der Waals surface area contributed by atoms with Gasteiger partial charge in [-0.25, -0.2) is 4.79 Å².